The van der Waals surface area contributed by atoms with Crippen molar-refractivity contribution >= 4 is 22.6 Å². The summed E-state index contributed by atoms with van der Waals surface area (Å²) in [4.78, 5) is 4.82. The van der Waals surface area contributed by atoms with E-state index in [2.05, 4.69) is 41.2 Å². The van der Waals surface area contributed by atoms with E-state index in [1.165, 1.54) is 11.1 Å². The molecule has 2 aromatic carbocycles. The van der Waals surface area contributed by atoms with Gasteiger partial charge in [-0.05, 0) is 35.7 Å². The van der Waals surface area contributed by atoms with Crippen molar-refractivity contribution in [2.24, 2.45) is 7.05 Å². The van der Waals surface area contributed by atoms with Crippen LogP contribution < -0.4 is 5.32 Å². The summed E-state index contributed by atoms with van der Waals surface area (Å²) in [6.07, 6.45) is 1.07. The predicted octanol–water partition coefficient (Wildman–Crippen LogP) is 3.46. The molecule has 0 saturated heterocycles. The molecule has 0 amide bonds. The van der Waals surface area contributed by atoms with Crippen LogP contribution in [0.4, 0.5) is 0 Å². The molecule has 3 nitrogen and oxygen atoms in total. The van der Waals surface area contributed by atoms with Crippen LogP contribution in [-0.4, -0.2) is 16.1 Å². The number of aryl methyl sites for hydroxylation is 1. The first-order chi connectivity index (χ1) is 10.2. The number of hydrogen-bond acceptors (Lipinski definition) is 2. The van der Waals surface area contributed by atoms with E-state index >= 15 is 0 Å². The Kier molecular flexibility index (Phi) is 2.98. The molecular formula is C17H16ClN3. The van der Waals surface area contributed by atoms with Crippen LogP contribution in [0, 0.1) is 0 Å². The molecule has 0 fully saturated rings. The largest absolute Gasteiger partial charge is 0.329 e. The molecule has 0 spiro atoms. The summed E-state index contributed by atoms with van der Waals surface area (Å²) in [6, 6.07) is 14.6. The van der Waals surface area contributed by atoms with Crippen molar-refractivity contribution in [3.05, 3.63) is 64.4 Å². The van der Waals surface area contributed by atoms with Crippen LogP contribution in [0.3, 0.4) is 0 Å². The summed E-state index contributed by atoms with van der Waals surface area (Å²) in [7, 11) is 2.06. The summed E-state index contributed by atoms with van der Waals surface area (Å²) in [5.41, 5.74) is 4.80. The van der Waals surface area contributed by atoms with Crippen LogP contribution in [0.5, 0.6) is 0 Å². The van der Waals surface area contributed by atoms with Gasteiger partial charge < -0.3 is 9.88 Å². The number of nitrogens with zero attached hydrogens (tertiary/aromatic N) is 2. The minimum absolute atomic E-state index is 0.145. The summed E-state index contributed by atoms with van der Waals surface area (Å²) < 4.78 is 2.14. The van der Waals surface area contributed by atoms with Crippen molar-refractivity contribution in [2.75, 3.05) is 6.54 Å². The summed E-state index contributed by atoms with van der Waals surface area (Å²) in [5, 5.41) is 4.34. The second kappa shape index (κ2) is 4.86. The number of rotatable bonds is 1. The van der Waals surface area contributed by atoms with Gasteiger partial charge in [-0.1, -0.05) is 35.9 Å². The van der Waals surface area contributed by atoms with Crippen LogP contribution in [0.25, 0.3) is 11.0 Å². The maximum absolute atomic E-state index is 6.11. The fourth-order valence-electron chi connectivity index (χ4n) is 3.17. The lowest BCUT2D eigenvalue weighted by molar-refractivity contribution is 0.532. The molecular weight excluding hydrogens is 282 g/mol. The van der Waals surface area contributed by atoms with Gasteiger partial charge in [0.2, 0.25) is 0 Å². The van der Waals surface area contributed by atoms with Crippen molar-refractivity contribution in [3.63, 3.8) is 0 Å². The third kappa shape index (κ3) is 2.04. The second-order valence-corrected chi connectivity index (χ2v) is 5.93. The Hall–Kier alpha value is -1.84. The summed E-state index contributed by atoms with van der Waals surface area (Å²) in [6.45, 7) is 0.978. The van der Waals surface area contributed by atoms with Gasteiger partial charge in [0.05, 0.1) is 17.1 Å². The van der Waals surface area contributed by atoms with E-state index < -0.39 is 0 Å². The van der Waals surface area contributed by atoms with Crippen LogP contribution in [0.15, 0.2) is 42.5 Å². The molecule has 1 aromatic heterocycles. The topological polar surface area (TPSA) is 29.9 Å². The Morgan fingerprint density at radius 1 is 1.24 bits per heavy atom. The zero-order valence-electron chi connectivity index (χ0n) is 11.8. The van der Waals surface area contributed by atoms with E-state index in [1.807, 2.05) is 18.2 Å². The van der Waals surface area contributed by atoms with E-state index in [0.717, 1.165) is 34.8 Å². The van der Waals surface area contributed by atoms with Gasteiger partial charge in [-0.2, -0.15) is 0 Å². The Bertz CT molecular complexity index is 822. The normalized spacial score (nSPS) is 17.9. The van der Waals surface area contributed by atoms with E-state index in [-0.39, 0.29) is 6.04 Å². The maximum atomic E-state index is 6.11. The van der Waals surface area contributed by atoms with E-state index in [1.54, 1.807) is 0 Å². The zero-order chi connectivity index (χ0) is 14.4. The SMILES string of the molecule is Cn1c(C2NCCc3ccccc32)nc2ccc(Cl)cc21. The Morgan fingerprint density at radius 2 is 2.10 bits per heavy atom. The Labute approximate surface area is 128 Å². The van der Waals surface area contributed by atoms with Gasteiger partial charge >= 0.3 is 0 Å². The molecule has 1 aliphatic heterocycles. The van der Waals surface area contributed by atoms with Crippen molar-refractivity contribution in [3.8, 4) is 0 Å². The number of benzene rings is 2. The smallest absolute Gasteiger partial charge is 0.131 e. The predicted molar refractivity (Wildman–Crippen MR) is 85.7 cm³/mol. The molecule has 0 radical (unpaired) electrons. The molecule has 106 valence electrons. The summed E-state index contributed by atoms with van der Waals surface area (Å²) in [5.74, 6) is 1.04. The molecule has 4 heteroatoms. The van der Waals surface area contributed by atoms with Crippen LogP contribution >= 0.6 is 11.6 Å². The fourth-order valence-corrected chi connectivity index (χ4v) is 3.34. The lowest BCUT2D eigenvalue weighted by atomic mass is 9.94. The molecule has 4 rings (SSSR count). The minimum Gasteiger partial charge on any atom is -0.329 e. The molecule has 1 aliphatic rings. The Balaban J connectivity index is 1.90. The molecule has 0 bridgehead atoms. The first-order valence-electron chi connectivity index (χ1n) is 7.17. The van der Waals surface area contributed by atoms with Gasteiger partial charge in [0.25, 0.3) is 0 Å². The Morgan fingerprint density at radius 3 is 3.00 bits per heavy atom. The second-order valence-electron chi connectivity index (χ2n) is 5.50. The van der Waals surface area contributed by atoms with Crippen molar-refractivity contribution in [1.29, 1.82) is 0 Å². The quantitative estimate of drug-likeness (QED) is 0.745. The number of hydrogen-bond donors (Lipinski definition) is 1. The average molecular weight is 298 g/mol. The molecule has 2 heterocycles. The third-order valence-electron chi connectivity index (χ3n) is 4.24. The van der Waals surface area contributed by atoms with E-state index in [9.17, 15) is 0 Å². The van der Waals surface area contributed by atoms with Gasteiger partial charge in [-0.15, -0.1) is 0 Å². The minimum atomic E-state index is 0.145. The van der Waals surface area contributed by atoms with Gasteiger partial charge in [0.15, 0.2) is 0 Å². The number of nitrogens with one attached hydrogen (secondary N) is 1. The highest BCUT2D eigenvalue weighted by Gasteiger charge is 2.25. The monoisotopic (exact) mass is 297 g/mol. The molecule has 0 aliphatic carbocycles. The summed E-state index contributed by atoms with van der Waals surface area (Å²) >= 11 is 6.11. The number of imidazole rings is 1. The molecule has 0 saturated carbocycles. The van der Waals surface area contributed by atoms with Gasteiger partial charge in [0, 0.05) is 18.6 Å². The van der Waals surface area contributed by atoms with Crippen molar-refractivity contribution < 1.29 is 0 Å². The van der Waals surface area contributed by atoms with E-state index in [4.69, 9.17) is 16.6 Å². The van der Waals surface area contributed by atoms with Crippen molar-refractivity contribution in [2.45, 2.75) is 12.5 Å². The highest BCUT2D eigenvalue weighted by molar-refractivity contribution is 6.31. The zero-order valence-corrected chi connectivity index (χ0v) is 12.6. The first kappa shape index (κ1) is 12.9. The molecule has 1 unspecified atom stereocenters. The number of halogens is 1. The molecule has 1 N–H and O–H groups in total. The van der Waals surface area contributed by atoms with Crippen LogP contribution in [0.2, 0.25) is 5.02 Å². The number of aromatic nitrogens is 2. The maximum Gasteiger partial charge on any atom is 0.131 e. The third-order valence-corrected chi connectivity index (χ3v) is 4.48. The van der Waals surface area contributed by atoms with Crippen LogP contribution in [-0.2, 0) is 13.5 Å². The first-order valence-corrected chi connectivity index (χ1v) is 7.55. The van der Waals surface area contributed by atoms with Gasteiger partial charge in [0.1, 0.15) is 5.82 Å². The van der Waals surface area contributed by atoms with Gasteiger partial charge in [-0.25, -0.2) is 4.98 Å². The van der Waals surface area contributed by atoms with E-state index in [0.29, 0.717) is 0 Å². The molecule has 3 aromatic rings. The highest BCUT2D eigenvalue weighted by atomic mass is 35.5. The average Bonchev–Trinajstić information content (AvgIpc) is 2.83. The fraction of sp³-hybridized carbons (Fsp3) is 0.235. The molecule has 1 atom stereocenters. The van der Waals surface area contributed by atoms with Gasteiger partial charge in [-0.3, -0.25) is 0 Å². The van der Waals surface area contributed by atoms with Crippen molar-refractivity contribution in [1.82, 2.24) is 14.9 Å². The lowest BCUT2D eigenvalue weighted by Gasteiger charge is -2.26. The standard InChI is InChI=1S/C17H16ClN3/c1-21-15-10-12(18)6-7-14(15)20-17(21)16-13-5-3-2-4-11(13)8-9-19-16/h2-7,10,16,19H,8-9H2,1H3. The highest BCUT2D eigenvalue weighted by Crippen LogP contribution is 2.30. The number of fused-ring (bicyclic) bond motifs is 2. The lowest BCUT2D eigenvalue weighted by Crippen LogP contribution is -2.32. The molecule has 21 heavy (non-hydrogen) atoms. The van der Waals surface area contributed by atoms with Crippen LogP contribution in [0.1, 0.15) is 23.0 Å².